The summed E-state index contributed by atoms with van der Waals surface area (Å²) < 4.78 is 4.35. The zero-order chi connectivity index (χ0) is 47.4. The van der Waals surface area contributed by atoms with Crippen molar-refractivity contribution in [2.45, 2.75) is 34.6 Å². The minimum atomic E-state index is 0.685. The molecule has 0 saturated carbocycles. The molecule has 0 saturated heterocycles. The van der Waals surface area contributed by atoms with Gasteiger partial charge in [-0.1, -0.05) is 134 Å². The summed E-state index contributed by atoms with van der Waals surface area (Å²) in [6.45, 7) is 13.9. The zero-order valence-electron chi connectivity index (χ0n) is 39.3. The van der Waals surface area contributed by atoms with Crippen molar-refractivity contribution in [1.82, 2.24) is 39.0 Å². The fraction of sp³-hybridized carbons (Fsp3) is 0.0820. The summed E-state index contributed by atoms with van der Waals surface area (Å²) in [5.74, 6) is 1.47. The molecule has 0 aliphatic rings. The van der Waals surface area contributed by atoms with Gasteiger partial charge < -0.3 is 0 Å². The molecule has 0 amide bonds. The van der Waals surface area contributed by atoms with Crippen molar-refractivity contribution in [2.75, 3.05) is 0 Å². The van der Waals surface area contributed by atoms with Crippen molar-refractivity contribution in [1.29, 1.82) is 0 Å². The Hall–Kier alpha value is -8.88. The van der Waals surface area contributed by atoms with Crippen LogP contribution in [0.4, 0.5) is 0 Å². The number of allylic oxidation sites excluding steroid dienone is 3. The van der Waals surface area contributed by atoms with E-state index < -0.39 is 0 Å². The number of para-hydroxylation sites is 2. The Kier molecular flexibility index (Phi) is 12.2. The molecule has 0 fully saturated rings. The summed E-state index contributed by atoms with van der Waals surface area (Å²) in [6, 6.07) is 58.4. The largest absolute Gasteiger partial charge is 0.291 e. The number of nitrogens with zero attached hydrogens (tertiary/aromatic N) is 8. The van der Waals surface area contributed by atoms with Crippen molar-refractivity contribution >= 4 is 22.1 Å². The van der Waals surface area contributed by atoms with Crippen LogP contribution in [0.15, 0.2) is 207 Å². The van der Waals surface area contributed by atoms with Gasteiger partial charge in [-0.15, -0.1) is 0 Å². The van der Waals surface area contributed by atoms with Crippen molar-refractivity contribution in [3.05, 3.63) is 229 Å². The minimum Gasteiger partial charge on any atom is -0.291 e. The van der Waals surface area contributed by atoms with E-state index in [2.05, 4.69) is 140 Å². The Labute approximate surface area is 402 Å². The summed E-state index contributed by atoms with van der Waals surface area (Å²) in [5, 5.41) is 0. The molecule has 11 rings (SSSR count). The number of benzene rings is 7. The van der Waals surface area contributed by atoms with Crippen LogP contribution in [-0.2, 0) is 0 Å². The predicted molar refractivity (Wildman–Crippen MR) is 283 cm³/mol. The number of aryl methyl sites for hydroxylation is 4. The van der Waals surface area contributed by atoms with Crippen LogP contribution in [0.1, 0.15) is 29.2 Å². The summed E-state index contributed by atoms with van der Waals surface area (Å²) in [7, 11) is 0. The molecular weight excluding hydrogens is 845 g/mol. The van der Waals surface area contributed by atoms with Crippen molar-refractivity contribution in [3.8, 4) is 79.4 Å². The molecule has 0 bridgehead atoms. The van der Waals surface area contributed by atoms with Gasteiger partial charge in [0.2, 0.25) is 0 Å². The fourth-order valence-electron chi connectivity index (χ4n) is 8.85. The van der Waals surface area contributed by atoms with Crippen LogP contribution in [0.2, 0.25) is 0 Å². The number of imidazole rings is 2. The SMILES string of the molecule is C=C/C=C\C.Cc1ccc2c(c1)nc(-c1cnc(-c3cc(C)c(-c4ncc(-c5nc6cc(C)ccc6n5-c5ccccc5)nc4-c4ccccc4)cc3C)c(-c3ccccc3)n1)n2-c1ccccc1. The highest BCUT2D eigenvalue weighted by Gasteiger charge is 2.24. The smallest absolute Gasteiger partial charge is 0.166 e. The Morgan fingerprint density at radius 3 is 1.19 bits per heavy atom. The number of aromatic nitrogens is 8. The lowest BCUT2D eigenvalue weighted by molar-refractivity contribution is 1.07. The average Bonchev–Trinajstić information content (AvgIpc) is 3.96. The molecule has 8 nitrogen and oxygen atoms in total. The molecule has 11 aromatic rings. The Morgan fingerprint density at radius 2 is 0.826 bits per heavy atom. The van der Waals surface area contributed by atoms with Crippen molar-refractivity contribution < 1.29 is 0 Å². The van der Waals surface area contributed by atoms with E-state index in [1.54, 1.807) is 6.08 Å². The van der Waals surface area contributed by atoms with E-state index in [9.17, 15) is 0 Å². The number of rotatable bonds is 9. The molecule has 4 heterocycles. The summed E-state index contributed by atoms with van der Waals surface area (Å²) in [5.41, 5.74) is 18.7. The molecule has 7 aromatic carbocycles. The number of fused-ring (bicyclic) bond motifs is 2. The Bertz CT molecular complexity index is 3430. The summed E-state index contributed by atoms with van der Waals surface area (Å²) >= 11 is 0. The zero-order valence-corrected chi connectivity index (χ0v) is 39.3. The third-order valence-corrected chi connectivity index (χ3v) is 12.2. The highest BCUT2D eigenvalue weighted by atomic mass is 15.1. The fourth-order valence-corrected chi connectivity index (χ4v) is 8.85. The van der Waals surface area contributed by atoms with Crippen LogP contribution in [0.5, 0.6) is 0 Å². The van der Waals surface area contributed by atoms with E-state index in [1.807, 2.05) is 104 Å². The molecule has 0 unspecified atom stereocenters. The van der Waals surface area contributed by atoms with Crippen LogP contribution in [0.3, 0.4) is 0 Å². The Balaban J connectivity index is 0.00000105. The maximum absolute atomic E-state index is 5.41. The molecule has 0 radical (unpaired) electrons. The quantitative estimate of drug-likeness (QED) is 0.134. The van der Waals surface area contributed by atoms with Gasteiger partial charge in [-0.2, -0.15) is 0 Å². The molecule has 8 heteroatoms. The van der Waals surface area contributed by atoms with Crippen LogP contribution in [0, 0.1) is 27.7 Å². The first kappa shape index (κ1) is 44.0. The molecule has 0 spiro atoms. The molecule has 0 N–H and O–H groups in total. The second-order valence-corrected chi connectivity index (χ2v) is 17.1. The lowest BCUT2D eigenvalue weighted by atomic mass is 9.92. The topological polar surface area (TPSA) is 87.2 Å². The maximum Gasteiger partial charge on any atom is 0.166 e. The van der Waals surface area contributed by atoms with Gasteiger partial charge in [0.15, 0.2) is 11.6 Å². The van der Waals surface area contributed by atoms with E-state index in [1.165, 1.54) is 0 Å². The first-order chi connectivity index (χ1) is 33.8. The second-order valence-electron chi connectivity index (χ2n) is 17.1. The van der Waals surface area contributed by atoms with Gasteiger partial charge in [-0.25, -0.2) is 19.9 Å². The molecule has 69 heavy (non-hydrogen) atoms. The molecular formula is C61H50N8. The van der Waals surface area contributed by atoms with Gasteiger partial charge in [0.1, 0.15) is 11.4 Å². The monoisotopic (exact) mass is 894 g/mol. The first-order valence-corrected chi connectivity index (χ1v) is 23.1. The van der Waals surface area contributed by atoms with Crippen LogP contribution >= 0.6 is 0 Å². The van der Waals surface area contributed by atoms with E-state index in [-0.39, 0.29) is 0 Å². The van der Waals surface area contributed by atoms with Crippen LogP contribution in [-0.4, -0.2) is 39.0 Å². The van der Waals surface area contributed by atoms with Crippen LogP contribution in [0.25, 0.3) is 102 Å². The molecule has 0 aliphatic carbocycles. The lowest BCUT2D eigenvalue weighted by Gasteiger charge is -2.17. The highest BCUT2D eigenvalue weighted by molar-refractivity contribution is 5.89. The molecule has 0 aliphatic heterocycles. The van der Waals surface area contributed by atoms with Crippen LogP contribution < -0.4 is 0 Å². The second kappa shape index (κ2) is 19.1. The predicted octanol–water partition coefficient (Wildman–Crippen LogP) is 14.9. The van der Waals surface area contributed by atoms with Gasteiger partial charge in [0.05, 0.1) is 57.2 Å². The van der Waals surface area contributed by atoms with E-state index in [0.29, 0.717) is 11.4 Å². The van der Waals surface area contributed by atoms with Gasteiger partial charge in [-0.05, 0) is 118 Å². The van der Waals surface area contributed by atoms with Gasteiger partial charge >= 0.3 is 0 Å². The Morgan fingerprint density at radius 1 is 0.435 bits per heavy atom. The lowest BCUT2D eigenvalue weighted by Crippen LogP contribution is -2.04. The van der Waals surface area contributed by atoms with Crippen molar-refractivity contribution in [2.24, 2.45) is 0 Å². The summed E-state index contributed by atoms with van der Waals surface area (Å²) in [4.78, 5) is 31.6. The number of hydrogen-bond donors (Lipinski definition) is 0. The molecule has 0 atom stereocenters. The standard InChI is InChI=1S/C56H42N8.C5H8/c1-35-25-27-49-45(29-35)61-55(63(49)41-21-13-7-14-22-41)47-33-57-53(51(59-47)39-17-9-5-10-18-39)43-31-38(4)44(32-37(43)3)54-52(40-19-11-6-12-20-40)60-48(34-58-54)56-62-46-30-36(2)26-28-50(46)64(56)42-23-15-8-16-24-42;1-3-5-4-2/h5-34H,1-4H3;3-5H,1H2,2H3/b;5-4-. The third-order valence-electron chi connectivity index (χ3n) is 12.2. The van der Waals surface area contributed by atoms with Gasteiger partial charge in [0, 0.05) is 33.6 Å². The molecule has 334 valence electrons. The summed E-state index contributed by atoms with van der Waals surface area (Å²) in [6.07, 6.45) is 9.30. The molecule has 4 aromatic heterocycles. The van der Waals surface area contributed by atoms with E-state index >= 15 is 0 Å². The normalized spacial score (nSPS) is 11.3. The average molecular weight is 895 g/mol. The minimum absolute atomic E-state index is 0.685. The van der Waals surface area contributed by atoms with Gasteiger partial charge in [-0.3, -0.25) is 19.1 Å². The van der Waals surface area contributed by atoms with Crippen molar-refractivity contribution in [3.63, 3.8) is 0 Å². The third kappa shape index (κ3) is 8.67. The first-order valence-electron chi connectivity index (χ1n) is 23.1. The van der Waals surface area contributed by atoms with E-state index in [0.717, 1.165) is 112 Å². The van der Waals surface area contributed by atoms with Gasteiger partial charge in [0.25, 0.3) is 0 Å². The highest BCUT2D eigenvalue weighted by Crippen LogP contribution is 2.40. The van der Waals surface area contributed by atoms with E-state index in [4.69, 9.17) is 29.9 Å². The maximum atomic E-state index is 5.41. The number of hydrogen-bond acceptors (Lipinski definition) is 6.